The molecule has 138 valence electrons. The van der Waals surface area contributed by atoms with Gasteiger partial charge in [0, 0.05) is 22.8 Å². The molecule has 0 radical (unpaired) electrons. The van der Waals surface area contributed by atoms with Crippen molar-refractivity contribution in [2.45, 2.75) is 31.8 Å². The number of aromatic nitrogens is 5. The predicted molar refractivity (Wildman–Crippen MR) is 99.0 cm³/mol. The molecule has 0 unspecified atom stereocenters. The van der Waals surface area contributed by atoms with Crippen LogP contribution in [0.4, 0.5) is 5.95 Å². The Bertz CT molecular complexity index is 1040. The van der Waals surface area contributed by atoms with Crippen LogP contribution >= 0.6 is 23.2 Å². The van der Waals surface area contributed by atoms with Gasteiger partial charge < -0.3 is 0 Å². The summed E-state index contributed by atoms with van der Waals surface area (Å²) in [5, 5.41) is 9.31. The number of nitrogens with one attached hydrogen (secondary N) is 1. The molecule has 1 aromatic carbocycles. The number of sulfonamides is 1. The van der Waals surface area contributed by atoms with Crippen molar-refractivity contribution in [3.05, 3.63) is 52.0 Å². The standard InChI is InChI=1S/C15H16Cl2N6O2S/c1-3-22-8-14(10(2)19-22)26(24,25)21-15-18-9-23(20-15)7-11-4-5-12(16)6-13(11)17/h4-6,8-9H,3,7H2,1-2H3,(H,20,21). The highest BCUT2D eigenvalue weighted by molar-refractivity contribution is 7.92. The Hall–Kier alpha value is -2.10. The van der Waals surface area contributed by atoms with Crippen LogP contribution in [-0.4, -0.2) is 33.0 Å². The molecule has 0 atom stereocenters. The average Bonchev–Trinajstić information content (AvgIpc) is 3.16. The van der Waals surface area contributed by atoms with Crippen LogP contribution in [0.5, 0.6) is 0 Å². The Morgan fingerprint density at radius 1 is 1.19 bits per heavy atom. The zero-order valence-electron chi connectivity index (χ0n) is 14.0. The van der Waals surface area contributed by atoms with Crippen LogP contribution in [-0.2, 0) is 23.1 Å². The largest absolute Gasteiger partial charge is 0.271 e. The monoisotopic (exact) mass is 414 g/mol. The van der Waals surface area contributed by atoms with E-state index >= 15 is 0 Å². The molecule has 3 aromatic rings. The van der Waals surface area contributed by atoms with E-state index in [1.807, 2.05) is 6.92 Å². The number of hydrogen-bond donors (Lipinski definition) is 1. The molecule has 0 amide bonds. The van der Waals surface area contributed by atoms with Gasteiger partial charge in [-0.1, -0.05) is 29.3 Å². The maximum atomic E-state index is 12.5. The van der Waals surface area contributed by atoms with Crippen molar-refractivity contribution in [2.75, 3.05) is 4.72 Å². The normalized spacial score (nSPS) is 11.7. The maximum Gasteiger partial charge on any atom is 0.267 e. The molecule has 26 heavy (non-hydrogen) atoms. The molecule has 0 aliphatic carbocycles. The lowest BCUT2D eigenvalue weighted by molar-refractivity contribution is 0.599. The van der Waals surface area contributed by atoms with E-state index in [1.54, 1.807) is 29.8 Å². The van der Waals surface area contributed by atoms with Crippen molar-refractivity contribution >= 4 is 39.2 Å². The minimum atomic E-state index is -3.82. The van der Waals surface area contributed by atoms with Gasteiger partial charge in [0.05, 0.1) is 12.2 Å². The van der Waals surface area contributed by atoms with Crippen molar-refractivity contribution in [1.29, 1.82) is 0 Å². The SMILES string of the molecule is CCn1cc(S(=O)(=O)Nc2ncn(Cc3ccc(Cl)cc3Cl)n2)c(C)n1. The van der Waals surface area contributed by atoms with Gasteiger partial charge in [-0.25, -0.2) is 17.8 Å². The minimum Gasteiger partial charge on any atom is -0.271 e. The van der Waals surface area contributed by atoms with Crippen LogP contribution in [0.15, 0.2) is 35.6 Å². The summed E-state index contributed by atoms with van der Waals surface area (Å²) in [6.07, 6.45) is 2.90. The van der Waals surface area contributed by atoms with Crippen molar-refractivity contribution in [2.24, 2.45) is 0 Å². The van der Waals surface area contributed by atoms with Crippen molar-refractivity contribution in [3.8, 4) is 0 Å². The molecule has 0 fully saturated rings. The van der Waals surface area contributed by atoms with E-state index in [1.165, 1.54) is 17.2 Å². The first-order chi connectivity index (χ1) is 12.3. The molecule has 0 saturated carbocycles. The number of benzene rings is 1. The van der Waals surface area contributed by atoms with Gasteiger partial charge in [0.2, 0.25) is 0 Å². The summed E-state index contributed by atoms with van der Waals surface area (Å²) in [5.41, 5.74) is 1.20. The van der Waals surface area contributed by atoms with Gasteiger partial charge in [-0.05, 0) is 31.5 Å². The Morgan fingerprint density at radius 3 is 2.62 bits per heavy atom. The Morgan fingerprint density at radius 2 is 1.96 bits per heavy atom. The summed E-state index contributed by atoms with van der Waals surface area (Å²) in [5.74, 6) is -0.0289. The quantitative estimate of drug-likeness (QED) is 0.668. The van der Waals surface area contributed by atoms with Gasteiger partial charge in [-0.2, -0.15) is 10.1 Å². The molecule has 1 N–H and O–H groups in total. The van der Waals surface area contributed by atoms with Crippen molar-refractivity contribution in [1.82, 2.24) is 24.5 Å². The Labute approximate surface area is 160 Å². The maximum absolute atomic E-state index is 12.5. The molecule has 3 rings (SSSR count). The predicted octanol–water partition coefficient (Wildman–Crippen LogP) is 2.96. The summed E-state index contributed by atoms with van der Waals surface area (Å²) in [6, 6.07) is 5.13. The van der Waals surface area contributed by atoms with Crippen LogP contribution in [0.3, 0.4) is 0 Å². The van der Waals surface area contributed by atoms with E-state index < -0.39 is 10.0 Å². The molecule has 0 aliphatic rings. The van der Waals surface area contributed by atoms with Gasteiger partial charge >= 0.3 is 0 Å². The molecule has 0 spiro atoms. The van der Waals surface area contributed by atoms with E-state index in [0.717, 1.165) is 5.56 Å². The van der Waals surface area contributed by atoms with E-state index in [0.29, 0.717) is 28.8 Å². The van der Waals surface area contributed by atoms with Crippen LogP contribution < -0.4 is 4.72 Å². The molecular weight excluding hydrogens is 399 g/mol. The smallest absolute Gasteiger partial charge is 0.267 e. The fourth-order valence-electron chi connectivity index (χ4n) is 2.34. The lowest BCUT2D eigenvalue weighted by Gasteiger charge is -2.05. The van der Waals surface area contributed by atoms with Gasteiger partial charge in [-0.3, -0.25) is 4.68 Å². The van der Waals surface area contributed by atoms with Gasteiger partial charge in [0.25, 0.3) is 16.0 Å². The number of aryl methyl sites for hydroxylation is 2. The molecular formula is C15H16Cl2N6O2S. The molecule has 11 heteroatoms. The van der Waals surface area contributed by atoms with E-state index in [2.05, 4.69) is 19.9 Å². The van der Waals surface area contributed by atoms with Crippen molar-refractivity contribution in [3.63, 3.8) is 0 Å². The zero-order chi connectivity index (χ0) is 18.9. The van der Waals surface area contributed by atoms with Gasteiger partial charge in [-0.15, -0.1) is 5.10 Å². The third-order valence-electron chi connectivity index (χ3n) is 3.62. The highest BCUT2D eigenvalue weighted by atomic mass is 35.5. The van der Waals surface area contributed by atoms with Crippen LogP contribution in [0.25, 0.3) is 0 Å². The van der Waals surface area contributed by atoms with Crippen LogP contribution in [0.1, 0.15) is 18.2 Å². The van der Waals surface area contributed by atoms with E-state index in [9.17, 15) is 8.42 Å². The molecule has 8 nitrogen and oxygen atoms in total. The molecule has 0 bridgehead atoms. The molecule has 0 saturated heterocycles. The summed E-state index contributed by atoms with van der Waals surface area (Å²) in [6.45, 7) is 4.42. The van der Waals surface area contributed by atoms with Gasteiger partial charge in [0.1, 0.15) is 11.2 Å². The summed E-state index contributed by atoms with van der Waals surface area (Å²) < 4.78 is 30.4. The lowest BCUT2D eigenvalue weighted by atomic mass is 10.2. The first-order valence-corrected chi connectivity index (χ1v) is 9.92. The molecule has 2 aromatic heterocycles. The first kappa shape index (κ1) is 18.7. The fraction of sp³-hybridized carbons (Fsp3) is 0.267. The number of nitrogens with zero attached hydrogens (tertiary/aromatic N) is 5. The second kappa shape index (κ2) is 7.26. The third-order valence-corrected chi connectivity index (χ3v) is 5.64. The number of rotatable bonds is 6. The second-order valence-electron chi connectivity index (χ2n) is 5.54. The third kappa shape index (κ3) is 4.00. The number of hydrogen-bond acceptors (Lipinski definition) is 5. The fourth-order valence-corrected chi connectivity index (χ4v) is 3.94. The summed E-state index contributed by atoms with van der Waals surface area (Å²) in [4.78, 5) is 4.09. The second-order valence-corrected chi connectivity index (χ2v) is 8.04. The zero-order valence-corrected chi connectivity index (χ0v) is 16.3. The topological polar surface area (TPSA) is 94.7 Å². The number of anilines is 1. The minimum absolute atomic E-state index is 0.0289. The van der Waals surface area contributed by atoms with Crippen LogP contribution in [0.2, 0.25) is 10.0 Å². The first-order valence-electron chi connectivity index (χ1n) is 7.68. The molecule has 0 aliphatic heterocycles. The number of halogens is 2. The average molecular weight is 415 g/mol. The van der Waals surface area contributed by atoms with E-state index in [4.69, 9.17) is 23.2 Å². The lowest BCUT2D eigenvalue weighted by Crippen LogP contribution is -2.15. The Kier molecular flexibility index (Phi) is 5.22. The Balaban J connectivity index is 1.78. The highest BCUT2D eigenvalue weighted by Crippen LogP contribution is 2.22. The highest BCUT2D eigenvalue weighted by Gasteiger charge is 2.22. The van der Waals surface area contributed by atoms with Crippen LogP contribution in [0, 0.1) is 6.92 Å². The van der Waals surface area contributed by atoms with E-state index in [-0.39, 0.29) is 10.8 Å². The summed E-state index contributed by atoms with van der Waals surface area (Å²) in [7, 11) is -3.82. The van der Waals surface area contributed by atoms with Gasteiger partial charge in [0.15, 0.2) is 0 Å². The molecule has 2 heterocycles. The van der Waals surface area contributed by atoms with Crippen molar-refractivity contribution < 1.29 is 8.42 Å². The summed E-state index contributed by atoms with van der Waals surface area (Å²) >= 11 is 12.0.